The van der Waals surface area contributed by atoms with E-state index < -0.39 is 13.5 Å². The third-order valence-electron chi connectivity index (χ3n) is 6.15. The monoisotopic (exact) mass is 545 g/mol. The smallest absolute Gasteiger partial charge is 0.217 e. The third-order valence-corrected chi connectivity index (χ3v) is 8.65. The molecule has 0 fully saturated rings. The van der Waals surface area contributed by atoms with Crippen LogP contribution < -0.4 is 15.9 Å². The third kappa shape index (κ3) is 9.38. The minimum atomic E-state index is -1.21. The van der Waals surface area contributed by atoms with Crippen LogP contribution in [0, 0.1) is 5.92 Å². The highest BCUT2D eigenvalue weighted by atomic mass is 31.1. The molecule has 0 saturated heterocycles. The second-order valence-electron chi connectivity index (χ2n) is 9.64. The minimum Gasteiger partial charge on any atom is -0.475 e. The predicted octanol–water partition coefficient (Wildman–Crippen LogP) is 5.35. The Kier molecular flexibility index (Phi) is 13.0. The van der Waals surface area contributed by atoms with Gasteiger partial charge in [-0.15, -0.1) is 6.58 Å². The lowest BCUT2D eigenvalue weighted by molar-refractivity contribution is -0.133. The fourth-order valence-corrected chi connectivity index (χ4v) is 6.18. The van der Waals surface area contributed by atoms with E-state index in [2.05, 4.69) is 105 Å². The second kappa shape index (κ2) is 15.9. The Morgan fingerprint density at radius 1 is 1.05 bits per heavy atom. The summed E-state index contributed by atoms with van der Waals surface area (Å²) in [6.07, 6.45) is 2.60. The molecule has 39 heavy (non-hydrogen) atoms. The van der Waals surface area contributed by atoms with Gasteiger partial charge < -0.3 is 14.6 Å². The van der Waals surface area contributed by atoms with Gasteiger partial charge in [0.25, 0.3) is 0 Å². The van der Waals surface area contributed by atoms with Crippen LogP contribution in [0.2, 0.25) is 0 Å². The maximum absolute atomic E-state index is 10.6. The number of Topliss-reactive ketones (excluding diaryl/α,β-unsaturated/α-hetero) is 1. The lowest BCUT2D eigenvalue weighted by atomic mass is 9.98. The van der Waals surface area contributed by atoms with Crippen molar-refractivity contribution >= 4 is 41.8 Å². The van der Waals surface area contributed by atoms with E-state index in [-0.39, 0.29) is 11.8 Å². The van der Waals surface area contributed by atoms with Crippen LogP contribution >= 0.6 is 7.92 Å². The lowest BCUT2D eigenvalue weighted by Crippen LogP contribution is -2.31. The summed E-state index contributed by atoms with van der Waals surface area (Å²) >= 11 is 0. The van der Waals surface area contributed by atoms with E-state index in [1.807, 2.05) is 0 Å². The molecule has 0 aliphatic carbocycles. The highest BCUT2D eigenvalue weighted by Gasteiger charge is 2.27. The Bertz CT molecular complexity index is 1180. The van der Waals surface area contributed by atoms with E-state index in [1.165, 1.54) is 42.8 Å². The van der Waals surface area contributed by atoms with E-state index in [0.29, 0.717) is 18.9 Å². The number of carbonyl (C=O) groups excluding carboxylic acids is 2. The summed E-state index contributed by atoms with van der Waals surface area (Å²) in [6.45, 7) is 12.8. The average molecular weight is 546 g/mol. The van der Waals surface area contributed by atoms with Gasteiger partial charge in [-0.05, 0) is 56.6 Å². The largest absolute Gasteiger partial charge is 0.475 e. The minimum absolute atomic E-state index is 0.220. The summed E-state index contributed by atoms with van der Waals surface area (Å²) in [7, 11) is -0.673. The van der Waals surface area contributed by atoms with Gasteiger partial charge in [0, 0.05) is 12.0 Å². The Labute approximate surface area is 234 Å². The summed E-state index contributed by atoms with van der Waals surface area (Å²) < 4.78 is 6.04. The molecule has 0 aromatic heterocycles. The van der Waals surface area contributed by atoms with Gasteiger partial charge in [0.05, 0.1) is 6.04 Å². The van der Waals surface area contributed by atoms with Gasteiger partial charge in [0.2, 0.25) is 5.90 Å². The molecule has 1 heterocycles. The van der Waals surface area contributed by atoms with Crippen LogP contribution in [-0.4, -0.2) is 41.3 Å². The fourth-order valence-electron chi connectivity index (χ4n) is 3.73. The first kappa shape index (κ1) is 31.8. The molecular formula is C33H40NO4P. The number of aldehydes is 1. The number of hydrogen-bond donors (Lipinski definition) is 1. The van der Waals surface area contributed by atoms with Gasteiger partial charge in [0.1, 0.15) is 18.5 Å². The van der Waals surface area contributed by atoms with Crippen molar-refractivity contribution in [2.24, 2.45) is 10.9 Å². The molecule has 0 saturated carbocycles. The highest BCUT2D eigenvalue weighted by Crippen LogP contribution is 2.34. The van der Waals surface area contributed by atoms with Crippen molar-refractivity contribution in [1.29, 1.82) is 0 Å². The number of hydrogen-bond acceptors (Lipinski definition) is 5. The Morgan fingerprint density at radius 2 is 1.54 bits per heavy atom. The maximum atomic E-state index is 10.6. The normalized spacial score (nSPS) is 15.5. The molecule has 1 N–H and O–H groups in total. The van der Waals surface area contributed by atoms with E-state index in [9.17, 15) is 9.90 Å². The summed E-state index contributed by atoms with van der Waals surface area (Å²) in [4.78, 5) is 24.3. The predicted molar refractivity (Wildman–Crippen MR) is 164 cm³/mol. The zero-order valence-electron chi connectivity index (χ0n) is 23.6. The molecule has 0 spiro atoms. The summed E-state index contributed by atoms with van der Waals surface area (Å²) in [5.41, 5.74) is -0.0821. The van der Waals surface area contributed by atoms with E-state index in [4.69, 9.17) is 14.5 Å². The number of nitrogens with zero attached hydrogens (tertiary/aromatic N) is 1. The number of rotatable bonds is 8. The van der Waals surface area contributed by atoms with E-state index >= 15 is 0 Å². The molecule has 5 nitrogen and oxygen atoms in total. The Balaban J connectivity index is 0.000000376. The van der Waals surface area contributed by atoms with Crippen LogP contribution in [0.15, 0.2) is 103 Å². The topological polar surface area (TPSA) is 76.0 Å². The first-order chi connectivity index (χ1) is 18.7. The van der Waals surface area contributed by atoms with Crippen LogP contribution in [0.4, 0.5) is 0 Å². The summed E-state index contributed by atoms with van der Waals surface area (Å²) in [5, 5.41) is 13.1. The van der Waals surface area contributed by atoms with Gasteiger partial charge in [-0.2, -0.15) is 0 Å². The number of benzene rings is 3. The summed E-state index contributed by atoms with van der Waals surface area (Å²) in [5.74, 6) is 1.06. The van der Waals surface area contributed by atoms with Gasteiger partial charge in [-0.1, -0.05) is 98.8 Å². The van der Waals surface area contributed by atoms with Gasteiger partial charge >= 0.3 is 0 Å². The van der Waals surface area contributed by atoms with E-state index in [1.54, 1.807) is 0 Å². The van der Waals surface area contributed by atoms with Crippen molar-refractivity contribution in [2.75, 3.05) is 6.61 Å². The van der Waals surface area contributed by atoms with Crippen molar-refractivity contribution in [2.45, 2.75) is 52.7 Å². The van der Waals surface area contributed by atoms with Crippen LogP contribution in [0.3, 0.4) is 0 Å². The number of ether oxygens (including phenoxy) is 1. The van der Waals surface area contributed by atoms with Crippen molar-refractivity contribution in [3.8, 4) is 0 Å². The van der Waals surface area contributed by atoms with Crippen molar-refractivity contribution in [1.82, 2.24) is 0 Å². The number of aliphatic imine (C=N–C) groups is 1. The number of ketones is 1. The SMILES string of the molecule is C=CCC(C)(O)C(C)=O.CC(C)[C@H]1COC(c2ccccc2P(c2ccccc2)c2ccccc2)=N1.CC=O. The van der Waals surface area contributed by atoms with Crippen LogP contribution in [-0.2, 0) is 14.3 Å². The first-order valence-electron chi connectivity index (χ1n) is 13.1. The molecule has 1 unspecified atom stereocenters. The van der Waals surface area contributed by atoms with Gasteiger partial charge in [-0.25, -0.2) is 4.99 Å². The van der Waals surface area contributed by atoms with Crippen LogP contribution in [0.5, 0.6) is 0 Å². The second-order valence-corrected chi connectivity index (χ2v) is 11.8. The van der Waals surface area contributed by atoms with Gasteiger partial charge in [0.15, 0.2) is 5.78 Å². The standard InChI is InChI=1S/C24H24NOP.C7H12O2.C2H4O/c1-18(2)22-17-26-24(25-22)21-15-9-10-16-23(21)27(19-11-5-3-6-12-19)20-13-7-4-8-14-20;1-4-5-7(3,9)6(2)8;1-2-3/h3-16,18,22H,17H2,1-2H3;4,9H,1,5H2,2-3H3;2H,1H3/t22-;;/m1../s1. The number of aliphatic hydroxyl groups is 1. The molecule has 3 aromatic rings. The summed E-state index contributed by atoms with van der Waals surface area (Å²) in [6, 6.07) is 30.4. The van der Waals surface area contributed by atoms with Crippen molar-refractivity contribution in [3.63, 3.8) is 0 Å². The molecule has 0 bridgehead atoms. The lowest BCUT2D eigenvalue weighted by Gasteiger charge is -2.22. The first-order valence-corrected chi connectivity index (χ1v) is 14.4. The zero-order valence-corrected chi connectivity index (χ0v) is 24.5. The molecule has 2 atom stereocenters. The average Bonchev–Trinajstić information content (AvgIpc) is 3.42. The molecule has 3 aromatic carbocycles. The maximum Gasteiger partial charge on any atom is 0.217 e. The van der Waals surface area contributed by atoms with E-state index in [0.717, 1.165) is 17.7 Å². The molecule has 4 rings (SSSR count). The quantitative estimate of drug-likeness (QED) is 0.235. The Hall–Kier alpha value is -3.40. The molecule has 1 aliphatic heterocycles. The van der Waals surface area contributed by atoms with Crippen molar-refractivity contribution in [3.05, 3.63) is 103 Å². The zero-order chi connectivity index (χ0) is 28.8. The van der Waals surface area contributed by atoms with Crippen LogP contribution in [0.1, 0.15) is 46.6 Å². The number of carbonyl (C=O) groups is 2. The molecule has 1 aliphatic rings. The van der Waals surface area contributed by atoms with Crippen molar-refractivity contribution < 1.29 is 19.4 Å². The molecule has 206 valence electrons. The highest BCUT2D eigenvalue weighted by molar-refractivity contribution is 7.80. The Morgan fingerprint density at radius 3 is 1.95 bits per heavy atom. The molecular weight excluding hydrogens is 505 g/mol. The van der Waals surface area contributed by atoms with Gasteiger partial charge in [-0.3, -0.25) is 4.79 Å². The van der Waals surface area contributed by atoms with Crippen LogP contribution in [0.25, 0.3) is 0 Å². The molecule has 6 heteroatoms. The molecule has 0 radical (unpaired) electrons. The fraction of sp³-hybridized carbons (Fsp3) is 0.303. The molecule has 0 amide bonds.